The summed E-state index contributed by atoms with van der Waals surface area (Å²) in [4.78, 5) is 38.2. The Kier molecular flexibility index (Phi) is 4.87. The summed E-state index contributed by atoms with van der Waals surface area (Å²) in [6, 6.07) is 8.69. The smallest absolute Gasteiger partial charge is 0.335 e. The molecule has 3 N–H and O–H groups in total. The fourth-order valence-corrected chi connectivity index (χ4v) is 5.08. The standard InChI is InChI=1S/C22H18Cl2N2O4/c1-10(2)19-22(15-6-4-12(24)8-17(15)25-21(22)30)16(9-18(27)26-19)14-7-11(23)3-5-13(14)20(28)29/h3-8,16,19H,1,9H2,2H3,(H,25,30)(H,26,27)(H,28,29). The Labute approximate surface area is 182 Å². The molecule has 1 saturated heterocycles. The van der Waals surface area contributed by atoms with Crippen molar-refractivity contribution < 1.29 is 19.5 Å². The van der Waals surface area contributed by atoms with E-state index in [0.717, 1.165) is 0 Å². The highest BCUT2D eigenvalue weighted by atomic mass is 35.5. The number of aromatic carboxylic acids is 1. The van der Waals surface area contributed by atoms with Crippen LogP contribution in [-0.2, 0) is 15.0 Å². The Morgan fingerprint density at radius 3 is 2.50 bits per heavy atom. The maximum Gasteiger partial charge on any atom is 0.335 e. The monoisotopic (exact) mass is 444 g/mol. The molecule has 154 valence electrons. The van der Waals surface area contributed by atoms with E-state index in [1.54, 1.807) is 25.1 Å². The highest BCUT2D eigenvalue weighted by Gasteiger charge is 2.61. The van der Waals surface area contributed by atoms with Gasteiger partial charge in [0, 0.05) is 28.1 Å². The van der Waals surface area contributed by atoms with Crippen LogP contribution in [0.5, 0.6) is 0 Å². The van der Waals surface area contributed by atoms with Crippen LogP contribution in [0.15, 0.2) is 48.6 Å². The molecule has 2 amide bonds. The van der Waals surface area contributed by atoms with E-state index in [9.17, 15) is 19.5 Å². The van der Waals surface area contributed by atoms with Crippen LogP contribution in [0.3, 0.4) is 0 Å². The number of anilines is 1. The quantitative estimate of drug-likeness (QED) is 0.620. The van der Waals surface area contributed by atoms with Crippen LogP contribution in [0.4, 0.5) is 5.69 Å². The zero-order chi connectivity index (χ0) is 21.8. The molecule has 0 aromatic heterocycles. The van der Waals surface area contributed by atoms with E-state index in [2.05, 4.69) is 17.2 Å². The first kappa shape index (κ1) is 20.4. The lowest BCUT2D eigenvalue weighted by Crippen LogP contribution is -2.62. The summed E-state index contributed by atoms with van der Waals surface area (Å²) in [5.41, 5.74) is 0.757. The molecule has 0 radical (unpaired) electrons. The van der Waals surface area contributed by atoms with Crippen molar-refractivity contribution in [3.63, 3.8) is 0 Å². The van der Waals surface area contributed by atoms with Crippen LogP contribution in [0.25, 0.3) is 0 Å². The van der Waals surface area contributed by atoms with Gasteiger partial charge in [0.05, 0.1) is 11.6 Å². The number of carboxylic acid groups (broad SMARTS) is 1. The van der Waals surface area contributed by atoms with Crippen LogP contribution >= 0.6 is 23.2 Å². The summed E-state index contributed by atoms with van der Waals surface area (Å²) in [5.74, 6) is -2.59. The zero-order valence-corrected chi connectivity index (χ0v) is 17.5. The van der Waals surface area contributed by atoms with Gasteiger partial charge in [0.2, 0.25) is 11.8 Å². The Bertz CT molecular complexity index is 1130. The Balaban J connectivity index is 2.06. The molecule has 2 aromatic carbocycles. The van der Waals surface area contributed by atoms with Crippen molar-refractivity contribution in [2.24, 2.45) is 0 Å². The molecule has 8 heteroatoms. The maximum atomic E-state index is 13.6. The van der Waals surface area contributed by atoms with E-state index < -0.39 is 23.3 Å². The first-order valence-electron chi connectivity index (χ1n) is 9.25. The van der Waals surface area contributed by atoms with Crippen molar-refractivity contribution in [2.75, 3.05) is 5.32 Å². The molecule has 4 rings (SSSR count). The van der Waals surface area contributed by atoms with Gasteiger partial charge in [0.25, 0.3) is 0 Å². The molecule has 0 aliphatic carbocycles. The Morgan fingerprint density at radius 1 is 1.17 bits per heavy atom. The molecular formula is C22H18Cl2N2O4. The van der Waals surface area contributed by atoms with E-state index in [4.69, 9.17) is 23.2 Å². The van der Waals surface area contributed by atoms with Gasteiger partial charge in [-0.3, -0.25) is 9.59 Å². The van der Waals surface area contributed by atoms with Gasteiger partial charge in [0.1, 0.15) is 5.41 Å². The van der Waals surface area contributed by atoms with E-state index in [1.807, 2.05) is 0 Å². The highest BCUT2D eigenvalue weighted by molar-refractivity contribution is 6.31. The fraction of sp³-hybridized carbons (Fsp3) is 0.227. The zero-order valence-electron chi connectivity index (χ0n) is 16.0. The van der Waals surface area contributed by atoms with Crippen molar-refractivity contribution in [1.82, 2.24) is 5.32 Å². The van der Waals surface area contributed by atoms with E-state index in [0.29, 0.717) is 32.4 Å². The number of halogens is 2. The van der Waals surface area contributed by atoms with E-state index in [-0.39, 0.29) is 23.8 Å². The van der Waals surface area contributed by atoms with Gasteiger partial charge in [-0.2, -0.15) is 0 Å². The molecule has 1 fully saturated rings. The van der Waals surface area contributed by atoms with Crippen LogP contribution in [0, 0.1) is 0 Å². The predicted molar refractivity (Wildman–Crippen MR) is 114 cm³/mol. The summed E-state index contributed by atoms with van der Waals surface area (Å²) in [5, 5.41) is 16.3. The second-order valence-corrected chi connectivity index (χ2v) is 8.53. The summed E-state index contributed by atoms with van der Waals surface area (Å²) in [7, 11) is 0. The normalized spacial score (nSPS) is 24.9. The molecule has 2 aliphatic heterocycles. The first-order chi connectivity index (χ1) is 14.2. The van der Waals surface area contributed by atoms with Crippen LogP contribution in [0.2, 0.25) is 10.0 Å². The third-order valence-corrected chi connectivity index (χ3v) is 6.33. The third-order valence-electron chi connectivity index (χ3n) is 5.86. The maximum absolute atomic E-state index is 13.6. The molecule has 3 unspecified atom stereocenters. The second-order valence-electron chi connectivity index (χ2n) is 7.65. The van der Waals surface area contributed by atoms with Gasteiger partial charge in [-0.25, -0.2) is 4.79 Å². The summed E-state index contributed by atoms with van der Waals surface area (Å²) in [6.07, 6.45) is -0.0834. The largest absolute Gasteiger partial charge is 0.478 e. The lowest BCUT2D eigenvalue weighted by Gasteiger charge is -2.46. The second kappa shape index (κ2) is 7.15. The summed E-state index contributed by atoms with van der Waals surface area (Å²) < 4.78 is 0. The average Bonchev–Trinajstić information content (AvgIpc) is 2.94. The van der Waals surface area contributed by atoms with Crippen molar-refractivity contribution in [2.45, 2.75) is 30.7 Å². The van der Waals surface area contributed by atoms with Crippen molar-refractivity contribution in [3.8, 4) is 0 Å². The summed E-state index contributed by atoms with van der Waals surface area (Å²) >= 11 is 12.3. The number of nitrogens with one attached hydrogen (secondary N) is 2. The van der Waals surface area contributed by atoms with Gasteiger partial charge in [-0.15, -0.1) is 0 Å². The molecule has 0 saturated carbocycles. The number of hydrogen-bond donors (Lipinski definition) is 3. The van der Waals surface area contributed by atoms with Crippen LogP contribution in [-0.4, -0.2) is 28.9 Å². The number of fused-ring (bicyclic) bond motifs is 2. The van der Waals surface area contributed by atoms with Crippen molar-refractivity contribution >= 4 is 46.7 Å². The third kappa shape index (κ3) is 2.90. The minimum Gasteiger partial charge on any atom is -0.478 e. The molecule has 2 aromatic rings. The molecule has 1 spiro atoms. The number of piperidine rings is 1. The minimum atomic E-state index is -1.30. The number of carbonyl (C=O) groups excluding carboxylic acids is 2. The van der Waals surface area contributed by atoms with Gasteiger partial charge in [0.15, 0.2) is 0 Å². The highest BCUT2D eigenvalue weighted by Crippen LogP contribution is 2.54. The van der Waals surface area contributed by atoms with E-state index in [1.165, 1.54) is 18.2 Å². The van der Waals surface area contributed by atoms with Gasteiger partial charge >= 0.3 is 5.97 Å². The van der Waals surface area contributed by atoms with Gasteiger partial charge < -0.3 is 15.7 Å². The molecule has 0 bridgehead atoms. The molecule has 30 heavy (non-hydrogen) atoms. The Hall–Kier alpha value is -2.83. The molecule has 2 heterocycles. The topological polar surface area (TPSA) is 95.5 Å². The molecule has 3 atom stereocenters. The number of benzene rings is 2. The molecule has 6 nitrogen and oxygen atoms in total. The lowest BCUT2D eigenvalue weighted by atomic mass is 9.59. The number of hydrogen-bond acceptors (Lipinski definition) is 3. The van der Waals surface area contributed by atoms with Gasteiger partial charge in [-0.1, -0.05) is 41.4 Å². The lowest BCUT2D eigenvalue weighted by molar-refractivity contribution is -0.130. The fourth-order valence-electron chi connectivity index (χ4n) is 4.73. The molecular weight excluding hydrogens is 427 g/mol. The predicted octanol–water partition coefficient (Wildman–Crippen LogP) is 4.13. The van der Waals surface area contributed by atoms with Crippen molar-refractivity contribution in [1.29, 1.82) is 0 Å². The first-order valence-corrected chi connectivity index (χ1v) is 10.0. The van der Waals surface area contributed by atoms with Gasteiger partial charge in [-0.05, 0) is 48.4 Å². The number of amides is 2. The number of rotatable bonds is 3. The average molecular weight is 445 g/mol. The van der Waals surface area contributed by atoms with Crippen molar-refractivity contribution in [3.05, 3.63) is 75.3 Å². The van der Waals surface area contributed by atoms with E-state index >= 15 is 0 Å². The van der Waals surface area contributed by atoms with Crippen LogP contribution < -0.4 is 10.6 Å². The number of carbonyl (C=O) groups is 3. The van der Waals surface area contributed by atoms with Crippen LogP contribution in [0.1, 0.15) is 40.7 Å². The number of carboxylic acids is 1. The summed E-state index contributed by atoms with van der Waals surface area (Å²) in [6.45, 7) is 5.73. The SMILES string of the molecule is C=C(C)C1NC(=O)CC(c2cc(Cl)ccc2C(=O)O)C12C(=O)Nc1cc(Cl)ccc12. The Morgan fingerprint density at radius 2 is 1.83 bits per heavy atom. The molecule has 2 aliphatic rings. The minimum absolute atomic E-state index is 0.00541.